The number of nitrogens with zero attached hydrogens (tertiary/aromatic N) is 1. The van der Waals surface area contributed by atoms with Gasteiger partial charge < -0.3 is 10.4 Å². The summed E-state index contributed by atoms with van der Waals surface area (Å²) in [5.74, 6) is 0.726. The highest BCUT2D eigenvalue weighted by atomic mass is 16.3. The van der Waals surface area contributed by atoms with Gasteiger partial charge in [-0.25, -0.2) is 0 Å². The molecule has 1 aliphatic rings. The highest BCUT2D eigenvalue weighted by Gasteiger charge is 2.33. The fourth-order valence-electron chi connectivity index (χ4n) is 2.24. The fourth-order valence-corrected chi connectivity index (χ4v) is 2.24. The molecule has 0 aromatic rings. The molecule has 96 valence electrons. The highest BCUT2D eigenvalue weighted by Crippen LogP contribution is 2.17. The molecule has 16 heavy (non-hydrogen) atoms. The molecular weight excluding hydrogens is 200 g/mol. The minimum Gasteiger partial charge on any atom is -0.388 e. The Bertz CT molecular complexity index is 206. The molecule has 0 radical (unpaired) electrons. The average Bonchev–Trinajstić information content (AvgIpc) is 2.20. The summed E-state index contributed by atoms with van der Waals surface area (Å²) in [6.07, 6.45) is 1.20. The van der Waals surface area contributed by atoms with Crippen molar-refractivity contribution in [1.82, 2.24) is 10.2 Å². The van der Waals surface area contributed by atoms with Crippen LogP contribution in [-0.2, 0) is 0 Å². The Morgan fingerprint density at radius 1 is 1.25 bits per heavy atom. The van der Waals surface area contributed by atoms with E-state index < -0.39 is 5.60 Å². The second-order valence-electron chi connectivity index (χ2n) is 6.63. The van der Waals surface area contributed by atoms with Gasteiger partial charge >= 0.3 is 0 Å². The topological polar surface area (TPSA) is 35.5 Å². The van der Waals surface area contributed by atoms with Crippen molar-refractivity contribution in [1.29, 1.82) is 0 Å². The van der Waals surface area contributed by atoms with Crippen molar-refractivity contribution in [2.75, 3.05) is 26.2 Å². The lowest BCUT2D eigenvalue weighted by Gasteiger charge is -2.30. The molecule has 1 rings (SSSR count). The molecule has 0 amide bonds. The first kappa shape index (κ1) is 13.9. The van der Waals surface area contributed by atoms with Crippen molar-refractivity contribution in [3.05, 3.63) is 0 Å². The van der Waals surface area contributed by atoms with E-state index in [1.54, 1.807) is 0 Å². The molecule has 0 saturated carbocycles. The van der Waals surface area contributed by atoms with E-state index in [1.807, 2.05) is 6.92 Å². The maximum Gasteiger partial charge on any atom is 0.0869 e. The summed E-state index contributed by atoms with van der Waals surface area (Å²) in [7, 11) is 0. The summed E-state index contributed by atoms with van der Waals surface area (Å²) < 4.78 is 0. The van der Waals surface area contributed by atoms with Gasteiger partial charge in [0, 0.05) is 25.2 Å². The third-order valence-electron chi connectivity index (χ3n) is 3.15. The van der Waals surface area contributed by atoms with E-state index in [9.17, 15) is 5.11 Å². The standard InChI is InChI=1S/C13H28N2O/c1-11(2)6-7-15-9-12(3,4)14-8-13(5,16)10-15/h11,14,16H,6-10H2,1-5H3. The van der Waals surface area contributed by atoms with Crippen LogP contribution in [0.2, 0.25) is 0 Å². The number of hydrogen-bond acceptors (Lipinski definition) is 3. The van der Waals surface area contributed by atoms with Crippen molar-refractivity contribution in [2.24, 2.45) is 5.92 Å². The highest BCUT2D eigenvalue weighted by molar-refractivity contribution is 4.92. The first-order valence-electron chi connectivity index (χ1n) is 6.40. The predicted molar refractivity (Wildman–Crippen MR) is 68.6 cm³/mol. The summed E-state index contributed by atoms with van der Waals surface area (Å²) in [5.41, 5.74) is -0.512. The number of hydrogen-bond donors (Lipinski definition) is 2. The molecule has 0 spiro atoms. The van der Waals surface area contributed by atoms with E-state index in [0.29, 0.717) is 6.54 Å². The normalized spacial score (nSPS) is 31.7. The van der Waals surface area contributed by atoms with Crippen LogP contribution in [0.4, 0.5) is 0 Å². The van der Waals surface area contributed by atoms with Crippen molar-refractivity contribution in [2.45, 2.75) is 52.2 Å². The molecule has 1 heterocycles. The molecule has 3 nitrogen and oxygen atoms in total. The maximum atomic E-state index is 10.2. The van der Waals surface area contributed by atoms with Gasteiger partial charge in [-0.2, -0.15) is 0 Å². The molecular formula is C13H28N2O. The number of aliphatic hydroxyl groups is 1. The lowest BCUT2D eigenvalue weighted by atomic mass is 10.0. The minimum atomic E-state index is -0.606. The minimum absolute atomic E-state index is 0.0947. The van der Waals surface area contributed by atoms with E-state index >= 15 is 0 Å². The van der Waals surface area contributed by atoms with Crippen LogP contribution in [-0.4, -0.2) is 47.3 Å². The summed E-state index contributed by atoms with van der Waals surface area (Å²) in [5, 5.41) is 13.7. The first-order valence-corrected chi connectivity index (χ1v) is 6.40. The van der Waals surface area contributed by atoms with Gasteiger partial charge in [0.1, 0.15) is 0 Å². The summed E-state index contributed by atoms with van der Waals surface area (Å²) >= 11 is 0. The first-order chi connectivity index (χ1) is 7.20. The predicted octanol–water partition coefficient (Wildman–Crippen LogP) is 1.47. The Balaban J connectivity index is 2.59. The quantitative estimate of drug-likeness (QED) is 0.768. The molecule has 2 N–H and O–H groups in total. The molecule has 1 aliphatic heterocycles. The molecule has 1 unspecified atom stereocenters. The molecule has 0 aliphatic carbocycles. The largest absolute Gasteiger partial charge is 0.388 e. The molecule has 0 aromatic heterocycles. The third kappa shape index (κ3) is 4.81. The van der Waals surface area contributed by atoms with Crippen molar-refractivity contribution in [3.8, 4) is 0 Å². The van der Waals surface area contributed by atoms with Crippen LogP contribution in [0, 0.1) is 5.92 Å². The van der Waals surface area contributed by atoms with Gasteiger partial charge in [-0.05, 0) is 39.7 Å². The van der Waals surface area contributed by atoms with Crippen LogP contribution in [0.5, 0.6) is 0 Å². The third-order valence-corrected chi connectivity index (χ3v) is 3.15. The summed E-state index contributed by atoms with van der Waals surface area (Å²) in [4.78, 5) is 2.39. The van der Waals surface area contributed by atoms with Crippen LogP contribution < -0.4 is 5.32 Å². The molecule has 0 bridgehead atoms. The van der Waals surface area contributed by atoms with Gasteiger partial charge in [-0.15, -0.1) is 0 Å². The molecule has 0 aromatic carbocycles. The number of β-amino-alcohol motifs (C(OH)–C–C–N with tert-alkyl or cyclic N) is 1. The van der Waals surface area contributed by atoms with Gasteiger partial charge in [0.15, 0.2) is 0 Å². The lowest BCUT2D eigenvalue weighted by Crippen LogP contribution is -2.47. The van der Waals surface area contributed by atoms with Crippen molar-refractivity contribution >= 4 is 0 Å². The lowest BCUT2D eigenvalue weighted by molar-refractivity contribution is 0.0331. The smallest absolute Gasteiger partial charge is 0.0869 e. The van der Waals surface area contributed by atoms with Crippen LogP contribution >= 0.6 is 0 Å². The van der Waals surface area contributed by atoms with Crippen molar-refractivity contribution in [3.63, 3.8) is 0 Å². The molecule has 1 fully saturated rings. The van der Waals surface area contributed by atoms with Crippen molar-refractivity contribution < 1.29 is 5.11 Å². The van der Waals surface area contributed by atoms with Gasteiger partial charge in [0.25, 0.3) is 0 Å². The Labute approximate surface area is 100 Å². The second kappa shape index (κ2) is 5.03. The van der Waals surface area contributed by atoms with Crippen LogP contribution in [0.25, 0.3) is 0 Å². The number of nitrogens with one attached hydrogen (secondary N) is 1. The maximum absolute atomic E-state index is 10.2. The van der Waals surface area contributed by atoms with E-state index in [2.05, 4.69) is 37.9 Å². The Hall–Kier alpha value is -0.120. The average molecular weight is 228 g/mol. The molecule has 1 saturated heterocycles. The number of rotatable bonds is 3. The molecule has 3 heteroatoms. The van der Waals surface area contributed by atoms with Gasteiger partial charge in [-0.1, -0.05) is 13.8 Å². The zero-order valence-electron chi connectivity index (χ0n) is 11.5. The fraction of sp³-hybridized carbons (Fsp3) is 1.00. The Kier molecular flexibility index (Phi) is 4.38. The van der Waals surface area contributed by atoms with E-state index in [0.717, 1.165) is 25.6 Å². The molecule has 1 atom stereocenters. The van der Waals surface area contributed by atoms with Crippen LogP contribution in [0.1, 0.15) is 41.0 Å². The second-order valence-corrected chi connectivity index (χ2v) is 6.63. The Morgan fingerprint density at radius 2 is 1.88 bits per heavy atom. The van der Waals surface area contributed by atoms with E-state index in [1.165, 1.54) is 6.42 Å². The van der Waals surface area contributed by atoms with Gasteiger partial charge in [-0.3, -0.25) is 4.90 Å². The summed E-state index contributed by atoms with van der Waals surface area (Å²) in [6, 6.07) is 0. The zero-order valence-corrected chi connectivity index (χ0v) is 11.5. The zero-order chi connectivity index (χ0) is 12.4. The van der Waals surface area contributed by atoms with Gasteiger partial charge in [0.2, 0.25) is 0 Å². The van der Waals surface area contributed by atoms with E-state index in [4.69, 9.17) is 0 Å². The SMILES string of the molecule is CC(C)CCN1CC(C)(O)CNC(C)(C)C1. The Morgan fingerprint density at radius 3 is 2.44 bits per heavy atom. The van der Waals surface area contributed by atoms with Gasteiger partial charge in [0.05, 0.1) is 5.60 Å². The summed E-state index contributed by atoms with van der Waals surface area (Å²) in [6.45, 7) is 14.4. The monoisotopic (exact) mass is 228 g/mol. The van der Waals surface area contributed by atoms with Crippen LogP contribution in [0.3, 0.4) is 0 Å². The van der Waals surface area contributed by atoms with E-state index in [-0.39, 0.29) is 5.54 Å². The van der Waals surface area contributed by atoms with Crippen LogP contribution in [0.15, 0.2) is 0 Å².